The highest BCUT2D eigenvalue weighted by Crippen LogP contribution is 2.44. The summed E-state index contributed by atoms with van der Waals surface area (Å²) in [6.45, 7) is 7.25. The predicted octanol–water partition coefficient (Wildman–Crippen LogP) is 3.53. The molecule has 2 heteroatoms. The summed E-state index contributed by atoms with van der Waals surface area (Å²) in [6.07, 6.45) is 5.69. The van der Waals surface area contributed by atoms with E-state index in [9.17, 15) is 9.59 Å². The summed E-state index contributed by atoms with van der Waals surface area (Å²) in [7, 11) is 0. The van der Waals surface area contributed by atoms with Crippen LogP contribution < -0.4 is 0 Å². The van der Waals surface area contributed by atoms with E-state index >= 15 is 0 Å². The van der Waals surface area contributed by atoms with Crippen molar-refractivity contribution in [3.05, 3.63) is 0 Å². The molecule has 0 aromatic heterocycles. The smallest absolute Gasteiger partial charge is 0.130 e. The summed E-state index contributed by atoms with van der Waals surface area (Å²) in [5.41, 5.74) is 0.0394. The molecule has 0 N–H and O–H groups in total. The van der Waals surface area contributed by atoms with Gasteiger partial charge in [-0.05, 0) is 32.1 Å². The molecule has 0 spiro atoms. The molecule has 88 valence electrons. The topological polar surface area (TPSA) is 34.1 Å². The van der Waals surface area contributed by atoms with Gasteiger partial charge in [-0.3, -0.25) is 0 Å². The van der Waals surface area contributed by atoms with Gasteiger partial charge >= 0.3 is 0 Å². The Kier molecular flexibility index (Phi) is 6.46. The second-order valence-corrected chi connectivity index (χ2v) is 4.46. The number of carbonyl (C=O) groups is 2. The molecule has 15 heavy (non-hydrogen) atoms. The molecule has 0 heterocycles. The van der Waals surface area contributed by atoms with Gasteiger partial charge in [-0.25, -0.2) is 0 Å². The van der Waals surface area contributed by atoms with Gasteiger partial charge < -0.3 is 9.59 Å². The maximum atomic E-state index is 11.1. The minimum atomic E-state index is 0.0394. The zero-order valence-corrected chi connectivity index (χ0v) is 10.6. The summed E-state index contributed by atoms with van der Waals surface area (Å²) in [6, 6.07) is 0. The molecule has 0 saturated heterocycles. The van der Waals surface area contributed by atoms with Crippen LogP contribution in [0.2, 0.25) is 0 Å². The lowest BCUT2D eigenvalue weighted by atomic mass is 9.77. The molecule has 1 rings (SSSR count). The van der Waals surface area contributed by atoms with Gasteiger partial charge in [0.25, 0.3) is 0 Å². The quantitative estimate of drug-likeness (QED) is 0.714. The molecular formula is C13H24O2. The molecule has 0 aliphatic heterocycles. The van der Waals surface area contributed by atoms with Crippen molar-refractivity contribution in [2.24, 2.45) is 5.41 Å². The fourth-order valence-corrected chi connectivity index (χ4v) is 2.60. The number of hydrogen-bond donors (Lipinski definition) is 0. The normalized spacial score (nSPS) is 17.9. The third kappa shape index (κ3) is 5.10. The van der Waals surface area contributed by atoms with Crippen molar-refractivity contribution in [3.8, 4) is 0 Å². The molecule has 0 amide bonds. The number of Topliss-reactive ketones (excluding diaryl/α,β-unsaturated/α-hetero) is 2. The Morgan fingerprint density at radius 1 is 0.933 bits per heavy atom. The largest absolute Gasteiger partial charge is 0.300 e. The molecule has 0 bridgehead atoms. The van der Waals surface area contributed by atoms with Gasteiger partial charge in [-0.15, -0.1) is 0 Å². The van der Waals surface area contributed by atoms with E-state index in [-0.39, 0.29) is 17.0 Å². The second-order valence-electron chi connectivity index (χ2n) is 4.46. The number of rotatable bonds is 4. The van der Waals surface area contributed by atoms with E-state index in [4.69, 9.17) is 0 Å². The Labute approximate surface area is 93.4 Å². The summed E-state index contributed by atoms with van der Waals surface area (Å²) in [5.74, 6) is 0.450. The number of ketones is 2. The van der Waals surface area contributed by atoms with E-state index < -0.39 is 0 Å². The highest BCUT2D eigenvalue weighted by Gasteiger charge is 2.35. The van der Waals surface area contributed by atoms with Crippen LogP contribution in [0, 0.1) is 5.41 Å². The molecule has 0 aromatic rings. The van der Waals surface area contributed by atoms with Crippen LogP contribution in [-0.2, 0) is 9.59 Å². The highest BCUT2D eigenvalue weighted by atomic mass is 16.1. The molecule has 0 unspecified atom stereocenters. The number of hydrogen-bond acceptors (Lipinski definition) is 2. The molecule has 1 saturated carbocycles. The fourth-order valence-electron chi connectivity index (χ4n) is 2.60. The average Bonchev–Trinajstić information content (AvgIpc) is 2.54. The maximum Gasteiger partial charge on any atom is 0.130 e. The Hall–Kier alpha value is -0.660. The van der Waals surface area contributed by atoms with Gasteiger partial charge in [0, 0.05) is 12.8 Å². The first kappa shape index (κ1) is 14.3. The van der Waals surface area contributed by atoms with Crippen molar-refractivity contribution in [1.82, 2.24) is 0 Å². The van der Waals surface area contributed by atoms with E-state index in [2.05, 4.69) is 0 Å². The molecule has 0 radical (unpaired) electrons. The Bertz CT molecular complexity index is 195. The van der Waals surface area contributed by atoms with E-state index in [0.717, 1.165) is 12.8 Å². The summed E-state index contributed by atoms with van der Waals surface area (Å²) >= 11 is 0. The van der Waals surface area contributed by atoms with Gasteiger partial charge in [0.2, 0.25) is 0 Å². The molecule has 1 aliphatic rings. The van der Waals surface area contributed by atoms with E-state index in [1.165, 1.54) is 12.8 Å². The standard InChI is InChI=1S/C11H18O2.C2H6/c1-9(12)7-11(8-10(2)13)5-3-4-6-11;1-2/h3-8H2,1-2H3;1-2H3. The lowest BCUT2D eigenvalue weighted by molar-refractivity contribution is -0.122. The minimum Gasteiger partial charge on any atom is -0.300 e. The Morgan fingerprint density at radius 2 is 1.27 bits per heavy atom. The van der Waals surface area contributed by atoms with Gasteiger partial charge in [0.05, 0.1) is 0 Å². The van der Waals surface area contributed by atoms with E-state index in [0.29, 0.717) is 12.8 Å². The number of carbonyl (C=O) groups excluding carboxylic acids is 2. The van der Waals surface area contributed by atoms with E-state index in [1.54, 1.807) is 13.8 Å². The lowest BCUT2D eigenvalue weighted by Gasteiger charge is -2.26. The maximum absolute atomic E-state index is 11.1. The highest BCUT2D eigenvalue weighted by molar-refractivity contribution is 5.80. The zero-order valence-electron chi connectivity index (χ0n) is 10.6. The van der Waals surface area contributed by atoms with Crippen LogP contribution in [0.1, 0.15) is 66.2 Å². The monoisotopic (exact) mass is 212 g/mol. The van der Waals surface area contributed by atoms with Crippen LogP contribution in [0.5, 0.6) is 0 Å². The van der Waals surface area contributed by atoms with Crippen LogP contribution >= 0.6 is 0 Å². The van der Waals surface area contributed by atoms with E-state index in [1.807, 2.05) is 13.8 Å². The van der Waals surface area contributed by atoms with Crippen molar-refractivity contribution >= 4 is 11.6 Å². The third-order valence-electron chi connectivity index (χ3n) is 2.91. The first-order valence-corrected chi connectivity index (χ1v) is 6.03. The van der Waals surface area contributed by atoms with Crippen LogP contribution in [0.4, 0.5) is 0 Å². The average molecular weight is 212 g/mol. The molecule has 0 aromatic carbocycles. The van der Waals surface area contributed by atoms with Gasteiger partial charge in [0.15, 0.2) is 0 Å². The van der Waals surface area contributed by atoms with Crippen molar-refractivity contribution in [3.63, 3.8) is 0 Å². The van der Waals surface area contributed by atoms with Crippen molar-refractivity contribution < 1.29 is 9.59 Å². The van der Waals surface area contributed by atoms with Crippen molar-refractivity contribution in [1.29, 1.82) is 0 Å². The molecule has 1 fully saturated rings. The van der Waals surface area contributed by atoms with Crippen molar-refractivity contribution in [2.75, 3.05) is 0 Å². The third-order valence-corrected chi connectivity index (χ3v) is 2.91. The zero-order chi connectivity index (χ0) is 11.9. The first-order chi connectivity index (χ1) is 7.04. The molecule has 0 atom stereocenters. The second kappa shape index (κ2) is 6.76. The molecule has 1 aliphatic carbocycles. The van der Waals surface area contributed by atoms with Gasteiger partial charge in [-0.1, -0.05) is 26.7 Å². The van der Waals surface area contributed by atoms with Crippen LogP contribution in [0.25, 0.3) is 0 Å². The predicted molar refractivity (Wildman–Crippen MR) is 62.8 cm³/mol. The summed E-state index contributed by atoms with van der Waals surface area (Å²) in [4.78, 5) is 22.2. The molecular weight excluding hydrogens is 188 g/mol. The summed E-state index contributed by atoms with van der Waals surface area (Å²) in [5, 5.41) is 0. The van der Waals surface area contributed by atoms with Crippen LogP contribution in [-0.4, -0.2) is 11.6 Å². The first-order valence-electron chi connectivity index (χ1n) is 6.03. The van der Waals surface area contributed by atoms with Gasteiger partial charge in [-0.2, -0.15) is 0 Å². The van der Waals surface area contributed by atoms with Gasteiger partial charge in [0.1, 0.15) is 11.6 Å². The molecule has 2 nitrogen and oxygen atoms in total. The Morgan fingerprint density at radius 3 is 1.53 bits per heavy atom. The lowest BCUT2D eigenvalue weighted by Crippen LogP contribution is -2.22. The minimum absolute atomic E-state index is 0.0394. The summed E-state index contributed by atoms with van der Waals surface area (Å²) < 4.78 is 0. The van der Waals surface area contributed by atoms with Crippen LogP contribution in [0.15, 0.2) is 0 Å². The Balaban J connectivity index is 0.000000921. The SMILES string of the molecule is CC.CC(=O)CC1(CC(C)=O)CCCC1. The van der Waals surface area contributed by atoms with Crippen molar-refractivity contribution in [2.45, 2.75) is 66.2 Å². The fraction of sp³-hybridized carbons (Fsp3) is 0.846. The van der Waals surface area contributed by atoms with Crippen LogP contribution in [0.3, 0.4) is 0 Å².